The van der Waals surface area contributed by atoms with E-state index in [1.54, 1.807) is 24.8 Å². The van der Waals surface area contributed by atoms with Crippen LogP contribution in [0, 0.1) is 0 Å². The molecule has 24 rings (SSSR count). The Morgan fingerprint density at radius 1 is 0.180 bits per heavy atom. The van der Waals surface area contributed by atoms with Gasteiger partial charge in [-0.25, -0.2) is 24.9 Å². The Bertz CT molecular complexity index is 7040. The van der Waals surface area contributed by atoms with Gasteiger partial charge in [0.1, 0.15) is 5.82 Å². The molecule has 8 aromatic carbocycles. The zero-order valence-electron chi connectivity index (χ0n) is 67.5. The molecule has 0 aliphatic heterocycles. The number of fused-ring (bicyclic) bond motifs is 12. The Labute approximate surface area is 765 Å². The number of pyridine rings is 10. The Balaban J connectivity index is 0.000000104. The summed E-state index contributed by atoms with van der Waals surface area (Å²) in [6.45, 7) is 0. The van der Waals surface area contributed by atoms with Crippen molar-refractivity contribution in [2.75, 3.05) is 0 Å². The molecule has 24 aromatic rings. The van der Waals surface area contributed by atoms with Gasteiger partial charge in [-0.1, -0.05) is 209 Å². The van der Waals surface area contributed by atoms with Crippen LogP contribution in [0.3, 0.4) is 0 Å². The maximum absolute atomic E-state index is 5.01. The van der Waals surface area contributed by atoms with Crippen molar-refractivity contribution in [3.63, 3.8) is 0 Å². The second-order valence-electron chi connectivity index (χ2n) is 29.7. The molecule has 0 saturated heterocycles. The predicted molar refractivity (Wildman–Crippen MR) is 524 cm³/mol. The van der Waals surface area contributed by atoms with Crippen LogP contribution in [0.1, 0.15) is 0 Å². The summed E-state index contributed by atoms with van der Waals surface area (Å²) >= 11 is 14.4. The third-order valence-corrected chi connectivity index (χ3v) is 23.7. The Hall–Kier alpha value is -15.5. The van der Waals surface area contributed by atoms with Gasteiger partial charge in [-0.2, -0.15) is 9.97 Å². The van der Waals surface area contributed by atoms with Crippen LogP contribution in [-0.2, 0) is 0 Å². The summed E-state index contributed by atoms with van der Waals surface area (Å²) in [7, 11) is 0. The van der Waals surface area contributed by atoms with E-state index >= 15 is 0 Å². The monoisotopic (exact) mass is 1910 g/mol. The number of benzene rings is 8. The first-order valence-electron chi connectivity index (χ1n) is 40.9. The zero-order chi connectivity index (χ0) is 86.0. The first-order valence-corrected chi connectivity index (χ1v) is 44.1. The van der Waals surface area contributed by atoms with E-state index in [9.17, 15) is 0 Å². The lowest BCUT2D eigenvalue weighted by molar-refractivity contribution is 0.953. The molecule has 0 N–H and O–H groups in total. The van der Waals surface area contributed by atoms with Crippen molar-refractivity contribution in [3.05, 3.63) is 413 Å². The average molecular weight is 1910 g/mol. The van der Waals surface area contributed by atoms with Crippen LogP contribution in [0.15, 0.2) is 413 Å². The molecule has 0 bridgehead atoms. The first-order chi connectivity index (χ1) is 63.1. The molecule has 0 fully saturated rings. The highest BCUT2D eigenvalue weighted by atomic mass is 79.9. The highest BCUT2D eigenvalue weighted by Crippen LogP contribution is 2.41. The summed E-state index contributed by atoms with van der Waals surface area (Å²) in [6, 6.07) is 115. The molecule has 16 heterocycles. The molecule has 0 amide bonds. The third-order valence-electron chi connectivity index (χ3n) is 21.7. The van der Waals surface area contributed by atoms with Crippen molar-refractivity contribution < 1.29 is 0 Å². The second-order valence-corrected chi connectivity index (χ2v) is 33.4. The molecule has 0 aliphatic rings. The number of nitrogens with zero attached hydrogens (tertiary/aromatic N) is 19. The molecule has 0 aliphatic carbocycles. The maximum atomic E-state index is 5.01. The van der Waals surface area contributed by atoms with E-state index < -0.39 is 0 Å². The lowest BCUT2D eigenvalue weighted by Gasteiger charge is -2.12. The van der Waals surface area contributed by atoms with Gasteiger partial charge in [-0.3, -0.25) is 49.0 Å². The summed E-state index contributed by atoms with van der Waals surface area (Å²) in [5, 5.41) is 4.30. The van der Waals surface area contributed by atoms with E-state index in [4.69, 9.17) is 34.9 Å². The summed E-state index contributed by atoms with van der Waals surface area (Å²) in [6.07, 6.45) is 14.4. The van der Waals surface area contributed by atoms with Crippen LogP contribution in [-0.4, -0.2) is 93.0 Å². The molecule has 0 radical (unpaired) electrons. The molecule has 16 aromatic heterocycles. The van der Waals surface area contributed by atoms with Crippen molar-refractivity contribution in [2.45, 2.75) is 0 Å². The van der Waals surface area contributed by atoms with E-state index in [1.807, 2.05) is 243 Å². The zero-order valence-corrected chi connectivity index (χ0v) is 73.9. The van der Waals surface area contributed by atoms with Crippen molar-refractivity contribution in [2.24, 2.45) is 0 Å². The summed E-state index contributed by atoms with van der Waals surface area (Å²) in [5.74, 6) is 3.33. The predicted octanol–water partition coefficient (Wildman–Crippen LogP) is 26.4. The highest BCUT2D eigenvalue weighted by molar-refractivity contribution is 9.11. The highest BCUT2D eigenvalue weighted by Gasteiger charge is 2.24. The molecule has 19 nitrogen and oxygen atoms in total. The van der Waals surface area contributed by atoms with Crippen LogP contribution in [0.2, 0.25) is 0 Å². The number of halogens is 4. The lowest BCUT2D eigenvalue weighted by atomic mass is 10.1. The molecular weight excluding hydrogens is 1850 g/mol. The van der Waals surface area contributed by atoms with Crippen LogP contribution in [0.4, 0.5) is 0 Å². The molecular formula is C105H65Br4N19. The van der Waals surface area contributed by atoms with Crippen LogP contribution in [0.25, 0.3) is 202 Å². The molecule has 0 saturated carbocycles. The van der Waals surface area contributed by atoms with Gasteiger partial charge in [0.05, 0.1) is 129 Å². The quantitative estimate of drug-likeness (QED) is 0.111. The Morgan fingerprint density at radius 3 is 0.805 bits per heavy atom. The molecule has 608 valence electrons. The standard InChI is InChI=1S/C27H17BrN4.3C26H16BrN5/c28-20-13-14-23-21(16-20)26-24(12-7-15-29-26)32(23)25-17-22(18-8-3-1-4-9-18)30-27(31-25)19-10-5-2-6-11-19;2*27-17-9-10-24-19(14-17)26-25(8-5-13-30-26)32(24)18-15-22(20-6-1-3-11-28-20)31-23(16-18)21-7-2-4-12-29-21;27-19-13-14-21-20(16-19)23-22(12-7-15-28-23)32(21)26-30-24(17-8-3-1-4-9-17)29-25(31-26)18-10-5-2-6-11-18/h1-17H;3*1-16H. The fourth-order valence-corrected chi connectivity index (χ4v) is 17.5. The molecule has 128 heavy (non-hydrogen) atoms. The van der Waals surface area contributed by atoms with Crippen LogP contribution < -0.4 is 0 Å². The van der Waals surface area contributed by atoms with Crippen molar-refractivity contribution in [1.29, 1.82) is 0 Å². The Kier molecular flexibility index (Phi) is 21.9. The van der Waals surface area contributed by atoms with E-state index in [-0.39, 0.29) is 0 Å². The number of rotatable bonds is 12. The van der Waals surface area contributed by atoms with E-state index in [2.05, 4.69) is 249 Å². The van der Waals surface area contributed by atoms with Crippen LogP contribution in [0.5, 0.6) is 0 Å². The second kappa shape index (κ2) is 35.2. The van der Waals surface area contributed by atoms with Gasteiger partial charge in [0.2, 0.25) is 5.95 Å². The minimum atomic E-state index is 0.563. The summed E-state index contributed by atoms with van der Waals surface area (Å²) in [5.41, 5.74) is 25.2. The Morgan fingerprint density at radius 2 is 0.469 bits per heavy atom. The fraction of sp³-hybridized carbons (Fsp3) is 0. The van der Waals surface area contributed by atoms with Gasteiger partial charge in [-0.15, -0.1) is 0 Å². The maximum Gasteiger partial charge on any atom is 0.238 e. The largest absolute Gasteiger partial charge is 0.307 e. The van der Waals surface area contributed by atoms with Crippen LogP contribution >= 0.6 is 63.7 Å². The van der Waals surface area contributed by atoms with Crippen molar-refractivity contribution >= 4 is 151 Å². The molecule has 0 atom stereocenters. The van der Waals surface area contributed by atoms with Gasteiger partial charge in [0.25, 0.3) is 0 Å². The third kappa shape index (κ3) is 15.9. The smallest absolute Gasteiger partial charge is 0.238 e. The van der Waals surface area contributed by atoms with E-state index in [0.717, 1.165) is 196 Å². The minimum Gasteiger partial charge on any atom is -0.307 e. The molecule has 23 heteroatoms. The van der Waals surface area contributed by atoms with Gasteiger partial charge in [0, 0.05) is 117 Å². The van der Waals surface area contributed by atoms with Crippen molar-refractivity contribution in [3.8, 4) is 114 Å². The van der Waals surface area contributed by atoms with Gasteiger partial charge >= 0.3 is 0 Å². The summed E-state index contributed by atoms with van der Waals surface area (Å²) < 4.78 is 12.7. The van der Waals surface area contributed by atoms with Gasteiger partial charge in [0.15, 0.2) is 17.5 Å². The molecule has 0 spiro atoms. The van der Waals surface area contributed by atoms with E-state index in [0.29, 0.717) is 23.4 Å². The lowest BCUT2D eigenvalue weighted by Crippen LogP contribution is -2.06. The SMILES string of the molecule is Brc1ccc2c(c1)c1ncccc1n2-c1cc(-c2ccccc2)nc(-c2ccccc2)n1.Brc1ccc2c(c1)c1ncccc1n2-c1cc(-c2ccccn2)nc(-c2ccccn2)c1.Brc1ccc2c(c1)c1ncccc1n2-c1cc(-c2ccccn2)nc(-c2ccccn2)c1.Brc1ccc2c(c1)c1ncccc1n2-c1nc(-c2ccccc2)nc(-c2ccccc2)n1. The molecule has 0 unspecified atom stereocenters. The van der Waals surface area contributed by atoms with Gasteiger partial charge in [-0.05, 0) is 194 Å². The van der Waals surface area contributed by atoms with E-state index in [1.165, 1.54) is 0 Å². The first kappa shape index (κ1) is 79.6. The normalized spacial score (nSPS) is 11.3. The topological polar surface area (TPSA) is 213 Å². The van der Waals surface area contributed by atoms with Gasteiger partial charge < -0.3 is 9.13 Å². The fourth-order valence-electron chi connectivity index (χ4n) is 16.0. The average Bonchev–Trinajstić information content (AvgIpc) is 1.61. The van der Waals surface area contributed by atoms with Crippen molar-refractivity contribution in [1.82, 2.24) is 93.0 Å². The number of aromatic nitrogens is 19. The number of hydrogen-bond donors (Lipinski definition) is 0. The summed E-state index contributed by atoms with van der Waals surface area (Å²) in [4.78, 5) is 71.1. The number of hydrogen-bond acceptors (Lipinski definition) is 15. The minimum absolute atomic E-state index is 0.563.